The van der Waals surface area contributed by atoms with Gasteiger partial charge in [-0.3, -0.25) is 4.79 Å². The lowest BCUT2D eigenvalue weighted by atomic mass is 10.1. The summed E-state index contributed by atoms with van der Waals surface area (Å²) >= 11 is 3.43. The molecule has 4 heteroatoms. The SMILES string of the molecule is COc1ccc(C(=O)N[C@@H](C)c2cccc(Br)c2)cc1. The van der Waals surface area contributed by atoms with Crippen LogP contribution in [-0.2, 0) is 0 Å². The van der Waals surface area contributed by atoms with Crippen molar-refractivity contribution >= 4 is 21.8 Å². The van der Waals surface area contributed by atoms with Crippen molar-refractivity contribution in [3.8, 4) is 5.75 Å². The van der Waals surface area contributed by atoms with Crippen LogP contribution in [0.2, 0.25) is 0 Å². The zero-order valence-electron chi connectivity index (χ0n) is 11.4. The molecule has 20 heavy (non-hydrogen) atoms. The van der Waals surface area contributed by atoms with Gasteiger partial charge in [-0.15, -0.1) is 0 Å². The minimum absolute atomic E-state index is 0.0536. The van der Waals surface area contributed by atoms with Crippen molar-refractivity contribution in [3.05, 3.63) is 64.1 Å². The summed E-state index contributed by atoms with van der Waals surface area (Å²) in [5, 5.41) is 2.98. The van der Waals surface area contributed by atoms with E-state index in [-0.39, 0.29) is 11.9 Å². The molecule has 2 aromatic carbocycles. The predicted octanol–water partition coefficient (Wildman–Crippen LogP) is 3.95. The summed E-state index contributed by atoms with van der Waals surface area (Å²) in [7, 11) is 1.60. The van der Waals surface area contributed by atoms with Gasteiger partial charge in [-0.1, -0.05) is 28.1 Å². The Morgan fingerprint density at radius 3 is 2.50 bits per heavy atom. The van der Waals surface area contributed by atoms with Crippen LogP contribution in [0, 0.1) is 0 Å². The molecule has 0 aliphatic carbocycles. The van der Waals surface area contributed by atoms with E-state index in [1.54, 1.807) is 31.4 Å². The van der Waals surface area contributed by atoms with Crippen molar-refractivity contribution < 1.29 is 9.53 Å². The maximum absolute atomic E-state index is 12.1. The fraction of sp³-hybridized carbons (Fsp3) is 0.188. The summed E-state index contributed by atoms with van der Waals surface area (Å²) in [6, 6.07) is 14.9. The van der Waals surface area contributed by atoms with Crippen molar-refractivity contribution in [3.63, 3.8) is 0 Å². The van der Waals surface area contributed by atoms with Crippen molar-refractivity contribution in [1.82, 2.24) is 5.32 Å². The summed E-state index contributed by atoms with van der Waals surface area (Å²) in [5.74, 6) is 0.640. The van der Waals surface area contributed by atoms with Crippen molar-refractivity contribution in [2.45, 2.75) is 13.0 Å². The predicted molar refractivity (Wildman–Crippen MR) is 83.0 cm³/mol. The van der Waals surface area contributed by atoms with Crippen molar-refractivity contribution in [2.75, 3.05) is 7.11 Å². The number of carbonyl (C=O) groups is 1. The molecular formula is C16H16BrNO2. The molecular weight excluding hydrogens is 318 g/mol. The van der Waals surface area contributed by atoms with E-state index < -0.39 is 0 Å². The smallest absolute Gasteiger partial charge is 0.251 e. The molecule has 1 N–H and O–H groups in total. The van der Waals surface area contributed by atoms with Gasteiger partial charge in [0.25, 0.3) is 5.91 Å². The summed E-state index contributed by atoms with van der Waals surface area (Å²) in [4.78, 5) is 12.1. The third kappa shape index (κ3) is 3.61. The minimum atomic E-state index is -0.0971. The van der Waals surface area contributed by atoms with Gasteiger partial charge in [-0.25, -0.2) is 0 Å². The van der Waals surface area contributed by atoms with E-state index in [4.69, 9.17) is 4.74 Å². The lowest BCUT2D eigenvalue weighted by Crippen LogP contribution is -2.26. The highest BCUT2D eigenvalue weighted by Crippen LogP contribution is 2.18. The molecule has 0 fully saturated rings. The molecule has 0 radical (unpaired) electrons. The van der Waals surface area contributed by atoms with Crippen molar-refractivity contribution in [1.29, 1.82) is 0 Å². The van der Waals surface area contributed by atoms with Gasteiger partial charge in [0.2, 0.25) is 0 Å². The molecule has 1 atom stereocenters. The molecule has 0 bridgehead atoms. The Hall–Kier alpha value is -1.81. The number of benzene rings is 2. The first kappa shape index (κ1) is 14.6. The zero-order chi connectivity index (χ0) is 14.5. The van der Waals surface area contributed by atoms with Crippen LogP contribution in [0.4, 0.5) is 0 Å². The first-order chi connectivity index (χ1) is 9.60. The number of amides is 1. The Balaban J connectivity index is 2.06. The largest absolute Gasteiger partial charge is 0.497 e. The molecule has 3 nitrogen and oxygen atoms in total. The van der Waals surface area contributed by atoms with Crippen LogP contribution in [0.5, 0.6) is 5.75 Å². The van der Waals surface area contributed by atoms with Crippen LogP contribution in [0.15, 0.2) is 53.0 Å². The molecule has 0 spiro atoms. The second-order valence-electron chi connectivity index (χ2n) is 4.48. The lowest BCUT2D eigenvalue weighted by molar-refractivity contribution is 0.0940. The number of rotatable bonds is 4. The first-order valence-electron chi connectivity index (χ1n) is 6.30. The molecule has 2 aromatic rings. The maximum atomic E-state index is 12.1. The Morgan fingerprint density at radius 1 is 1.20 bits per heavy atom. The average molecular weight is 334 g/mol. The van der Waals surface area contributed by atoms with Gasteiger partial charge >= 0.3 is 0 Å². The number of halogens is 1. The fourth-order valence-electron chi connectivity index (χ4n) is 1.88. The summed E-state index contributed by atoms with van der Waals surface area (Å²) in [5.41, 5.74) is 1.67. The van der Waals surface area contributed by atoms with Crippen LogP contribution >= 0.6 is 15.9 Å². The van der Waals surface area contributed by atoms with Gasteiger partial charge in [0, 0.05) is 10.0 Å². The number of carbonyl (C=O) groups excluding carboxylic acids is 1. The Morgan fingerprint density at radius 2 is 1.90 bits per heavy atom. The Labute approximate surface area is 127 Å². The third-order valence-electron chi connectivity index (χ3n) is 3.05. The second-order valence-corrected chi connectivity index (χ2v) is 5.39. The molecule has 0 aliphatic rings. The standard InChI is InChI=1S/C16H16BrNO2/c1-11(13-4-3-5-14(17)10-13)18-16(19)12-6-8-15(20-2)9-7-12/h3-11H,1-2H3,(H,18,19)/t11-/m0/s1. The molecule has 0 heterocycles. The van der Waals surface area contributed by atoms with Gasteiger partial charge in [0.15, 0.2) is 0 Å². The van der Waals surface area contributed by atoms with Gasteiger partial charge in [0.05, 0.1) is 13.2 Å². The van der Waals surface area contributed by atoms with Gasteiger partial charge in [0.1, 0.15) is 5.75 Å². The molecule has 0 saturated heterocycles. The number of hydrogen-bond acceptors (Lipinski definition) is 2. The van der Waals surface area contributed by atoms with Gasteiger partial charge < -0.3 is 10.1 Å². The van der Waals surface area contributed by atoms with Crippen LogP contribution in [0.25, 0.3) is 0 Å². The Bertz CT molecular complexity index is 596. The van der Waals surface area contributed by atoms with Crippen molar-refractivity contribution in [2.24, 2.45) is 0 Å². The monoisotopic (exact) mass is 333 g/mol. The third-order valence-corrected chi connectivity index (χ3v) is 3.54. The highest BCUT2D eigenvalue weighted by atomic mass is 79.9. The van der Waals surface area contributed by atoms with Crippen LogP contribution in [0.1, 0.15) is 28.9 Å². The molecule has 0 aliphatic heterocycles. The van der Waals surface area contributed by atoms with Crippen LogP contribution < -0.4 is 10.1 Å². The van der Waals surface area contributed by atoms with Crippen LogP contribution in [0.3, 0.4) is 0 Å². The molecule has 1 amide bonds. The Kier molecular flexibility index (Phi) is 4.79. The van der Waals surface area contributed by atoms with E-state index in [1.807, 2.05) is 31.2 Å². The number of methoxy groups -OCH3 is 1. The van der Waals surface area contributed by atoms with E-state index >= 15 is 0 Å². The summed E-state index contributed by atoms with van der Waals surface area (Å²) in [6.07, 6.45) is 0. The lowest BCUT2D eigenvalue weighted by Gasteiger charge is -2.15. The molecule has 104 valence electrons. The fourth-order valence-corrected chi connectivity index (χ4v) is 2.30. The second kappa shape index (κ2) is 6.57. The molecule has 0 aromatic heterocycles. The topological polar surface area (TPSA) is 38.3 Å². The summed E-state index contributed by atoms with van der Waals surface area (Å²) in [6.45, 7) is 1.96. The highest BCUT2D eigenvalue weighted by molar-refractivity contribution is 9.10. The molecule has 0 unspecified atom stereocenters. The highest BCUT2D eigenvalue weighted by Gasteiger charge is 2.11. The summed E-state index contributed by atoms with van der Waals surface area (Å²) < 4.78 is 6.08. The van der Waals surface area contributed by atoms with E-state index in [0.29, 0.717) is 5.56 Å². The number of hydrogen-bond donors (Lipinski definition) is 1. The molecule has 0 saturated carbocycles. The zero-order valence-corrected chi connectivity index (χ0v) is 13.0. The van der Waals surface area contributed by atoms with E-state index in [0.717, 1.165) is 15.8 Å². The van der Waals surface area contributed by atoms with E-state index in [1.165, 1.54) is 0 Å². The van der Waals surface area contributed by atoms with Crippen LogP contribution in [-0.4, -0.2) is 13.0 Å². The maximum Gasteiger partial charge on any atom is 0.251 e. The normalized spacial score (nSPS) is 11.8. The number of nitrogens with one attached hydrogen (secondary N) is 1. The number of ether oxygens (including phenoxy) is 1. The average Bonchev–Trinajstić information content (AvgIpc) is 2.47. The van der Waals surface area contributed by atoms with E-state index in [9.17, 15) is 4.79 Å². The van der Waals surface area contributed by atoms with Gasteiger partial charge in [-0.2, -0.15) is 0 Å². The molecule has 2 rings (SSSR count). The quantitative estimate of drug-likeness (QED) is 0.919. The minimum Gasteiger partial charge on any atom is -0.497 e. The van der Waals surface area contributed by atoms with Gasteiger partial charge in [-0.05, 0) is 48.9 Å². The first-order valence-corrected chi connectivity index (χ1v) is 7.10. The van der Waals surface area contributed by atoms with E-state index in [2.05, 4.69) is 21.2 Å².